The molecule has 0 atom stereocenters. The Morgan fingerprint density at radius 2 is 2.17 bits per heavy atom. The van der Waals surface area contributed by atoms with E-state index < -0.39 is 0 Å². The van der Waals surface area contributed by atoms with Crippen LogP contribution in [0.2, 0.25) is 0 Å². The SMILES string of the molecule is CC(C)NC(=O)COc1ccccc1/C(N)=N/O. The second kappa shape index (κ2) is 6.48. The number of hydrogen-bond donors (Lipinski definition) is 3. The van der Waals surface area contributed by atoms with E-state index in [4.69, 9.17) is 15.7 Å². The molecule has 0 aliphatic heterocycles. The van der Waals surface area contributed by atoms with Gasteiger partial charge in [-0.15, -0.1) is 0 Å². The maximum absolute atomic E-state index is 11.4. The maximum Gasteiger partial charge on any atom is 0.258 e. The molecule has 0 fully saturated rings. The first kappa shape index (κ1) is 13.8. The van der Waals surface area contributed by atoms with Gasteiger partial charge in [-0.05, 0) is 26.0 Å². The first-order valence-corrected chi connectivity index (χ1v) is 5.53. The summed E-state index contributed by atoms with van der Waals surface area (Å²) >= 11 is 0. The molecule has 1 aromatic rings. The van der Waals surface area contributed by atoms with Gasteiger partial charge in [0.25, 0.3) is 5.91 Å². The van der Waals surface area contributed by atoms with Gasteiger partial charge in [-0.25, -0.2) is 0 Å². The molecule has 0 aliphatic carbocycles. The average molecular weight is 251 g/mol. The predicted molar refractivity (Wildman–Crippen MR) is 67.7 cm³/mol. The number of amides is 1. The zero-order chi connectivity index (χ0) is 13.5. The summed E-state index contributed by atoms with van der Waals surface area (Å²) in [5.41, 5.74) is 5.94. The van der Waals surface area contributed by atoms with Crippen LogP contribution in [0.15, 0.2) is 29.4 Å². The lowest BCUT2D eigenvalue weighted by molar-refractivity contribution is -0.123. The van der Waals surface area contributed by atoms with Gasteiger partial charge in [0, 0.05) is 6.04 Å². The molecule has 0 saturated carbocycles. The summed E-state index contributed by atoms with van der Waals surface area (Å²) in [5, 5.41) is 14.2. The van der Waals surface area contributed by atoms with E-state index in [0.717, 1.165) is 0 Å². The Bertz CT molecular complexity index is 444. The molecule has 0 aromatic heterocycles. The second-order valence-corrected chi connectivity index (χ2v) is 3.99. The number of nitrogens with zero attached hydrogens (tertiary/aromatic N) is 1. The summed E-state index contributed by atoms with van der Waals surface area (Å²) in [6.07, 6.45) is 0. The number of para-hydroxylation sites is 1. The van der Waals surface area contributed by atoms with Crippen LogP contribution in [-0.4, -0.2) is 29.6 Å². The molecular weight excluding hydrogens is 234 g/mol. The Hall–Kier alpha value is -2.24. The molecule has 0 heterocycles. The van der Waals surface area contributed by atoms with Gasteiger partial charge >= 0.3 is 0 Å². The van der Waals surface area contributed by atoms with E-state index in [0.29, 0.717) is 11.3 Å². The topological polar surface area (TPSA) is 96.9 Å². The van der Waals surface area contributed by atoms with Crippen LogP contribution in [-0.2, 0) is 4.79 Å². The van der Waals surface area contributed by atoms with Crippen LogP contribution in [0.4, 0.5) is 0 Å². The molecule has 0 radical (unpaired) electrons. The maximum atomic E-state index is 11.4. The van der Waals surface area contributed by atoms with Crippen molar-refractivity contribution in [2.24, 2.45) is 10.9 Å². The molecule has 18 heavy (non-hydrogen) atoms. The fraction of sp³-hybridized carbons (Fsp3) is 0.333. The third kappa shape index (κ3) is 3.97. The molecule has 4 N–H and O–H groups in total. The van der Waals surface area contributed by atoms with Gasteiger partial charge in [0.05, 0.1) is 5.56 Å². The van der Waals surface area contributed by atoms with Crippen molar-refractivity contribution < 1.29 is 14.7 Å². The molecule has 1 rings (SSSR count). The van der Waals surface area contributed by atoms with Crippen LogP contribution < -0.4 is 15.8 Å². The van der Waals surface area contributed by atoms with E-state index in [1.807, 2.05) is 13.8 Å². The van der Waals surface area contributed by atoms with E-state index in [1.54, 1.807) is 24.3 Å². The number of benzene rings is 1. The van der Waals surface area contributed by atoms with Crippen LogP contribution in [0, 0.1) is 0 Å². The number of oxime groups is 1. The van der Waals surface area contributed by atoms with Crippen molar-refractivity contribution in [3.05, 3.63) is 29.8 Å². The van der Waals surface area contributed by atoms with E-state index in [9.17, 15) is 4.79 Å². The Morgan fingerprint density at radius 1 is 1.50 bits per heavy atom. The quantitative estimate of drug-likeness (QED) is 0.310. The van der Waals surface area contributed by atoms with Crippen LogP contribution in [0.5, 0.6) is 5.75 Å². The monoisotopic (exact) mass is 251 g/mol. The molecule has 0 unspecified atom stereocenters. The van der Waals surface area contributed by atoms with E-state index >= 15 is 0 Å². The largest absolute Gasteiger partial charge is 0.483 e. The molecule has 6 nitrogen and oxygen atoms in total. The lowest BCUT2D eigenvalue weighted by atomic mass is 10.2. The van der Waals surface area contributed by atoms with Crippen LogP contribution in [0.1, 0.15) is 19.4 Å². The predicted octanol–water partition coefficient (Wildman–Crippen LogP) is 0.684. The minimum Gasteiger partial charge on any atom is -0.483 e. The molecule has 1 amide bonds. The van der Waals surface area contributed by atoms with E-state index in [2.05, 4.69) is 10.5 Å². The van der Waals surface area contributed by atoms with Crippen molar-refractivity contribution in [1.29, 1.82) is 0 Å². The molecule has 0 spiro atoms. The zero-order valence-electron chi connectivity index (χ0n) is 10.4. The summed E-state index contributed by atoms with van der Waals surface area (Å²) in [5.74, 6) is 0.112. The molecule has 6 heteroatoms. The average Bonchev–Trinajstić information content (AvgIpc) is 2.35. The number of carbonyl (C=O) groups is 1. The van der Waals surface area contributed by atoms with Gasteiger partial charge in [-0.2, -0.15) is 0 Å². The van der Waals surface area contributed by atoms with Crippen molar-refractivity contribution >= 4 is 11.7 Å². The summed E-state index contributed by atoms with van der Waals surface area (Å²) in [7, 11) is 0. The highest BCUT2D eigenvalue weighted by Crippen LogP contribution is 2.17. The molecule has 1 aromatic carbocycles. The summed E-state index contributed by atoms with van der Waals surface area (Å²) in [4.78, 5) is 11.4. The Kier molecular flexibility index (Phi) is 4.98. The first-order valence-electron chi connectivity index (χ1n) is 5.53. The molecule has 0 bridgehead atoms. The summed E-state index contributed by atoms with van der Waals surface area (Å²) in [6.45, 7) is 3.61. The summed E-state index contributed by atoms with van der Waals surface area (Å²) in [6, 6.07) is 6.82. The third-order valence-electron chi connectivity index (χ3n) is 2.08. The number of ether oxygens (including phenoxy) is 1. The lowest BCUT2D eigenvalue weighted by Gasteiger charge is -2.12. The fourth-order valence-corrected chi connectivity index (χ4v) is 1.36. The fourth-order valence-electron chi connectivity index (χ4n) is 1.36. The molecule has 0 saturated heterocycles. The van der Waals surface area contributed by atoms with Crippen LogP contribution in [0.25, 0.3) is 0 Å². The normalized spacial score (nSPS) is 11.4. The van der Waals surface area contributed by atoms with Gasteiger partial charge in [0.15, 0.2) is 12.4 Å². The standard InChI is InChI=1S/C12H17N3O3/c1-8(2)14-11(16)7-18-10-6-4-3-5-9(10)12(13)15-17/h3-6,8,17H,7H2,1-2H3,(H2,13,15)(H,14,16). The number of carbonyl (C=O) groups excluding carboxylic acids is 1. The Morgan fingerprint density at radius 3 is 2.78 bits per heavy atom. The van der Waals surface area contributed by atoms with Crippen LogP contribution in [0.3, 0.4) is 0 Å². The number of nitrogens with two attached hydrogens (primary N) is 1. The Balaban J connectivity index is 2.70. The van der Waals surface area contributed by atoms with Gasteiger partial charge in [0.1, 0.15) is 5.75 Å². The minimum atomic E-state index is -0.223. The number of rotatable bonds is 5. The van der Waals surface area contributed by atoms with Gasteiger partial charge in [0.2, 0.25) is 0 Å². The highest BCUT2D eigenvalue weighted by molar-refractivity contribution is 5.99. The summed E-state index contributed by atoms with van der Waals surface area (Å²) < 4.78 is 5.34. The number of hydrogen-bond acceptors (Lipinski definition) is 4. The minimum absolute atomic E-state index is 0.0559. The van der Waals surface area contributed by atoms with Crippen molar-refractivity contribution in [2.75, 3.05) is 6.61 Å². The van der Waals surface area contributed by atoms with Gasteiger partial charge in [-0.3, -0.25) is 4.79 Å². The Labute approximate surface area is 105 Å². The highest BCUT2D eigenvalue weighted by Gasteiger charge is 2.10. The van der Waals surface area contributed by atoms with E-state index in [-0.39, 0.29) is 24.4 Å². The lowest BCUT2D eigenvalue weighted by Crippen LogP contribution is -2.34. The number of amidine groups is 1. The second-order valence-electron chi connectivity index (χ2n) is 3.99. The molecular formula is C12H17N3O3. The molecule has 0 aliphatic rings. The third-order valence-corrected chi connectivity index (χ3v) is 2.08. The number of nitrogens with one attached hydrogen (secondary N) is 1. The van der Waals surface area contributed by atoms with Crippen molar-refractivity contribution in [2.45, 2.75) is 19.9 Å². The smallest absolute Gasteiger partial charge is 0.258 e. The molecule has 98 valence electrons. The van der Waals surface area contributed by atoms with Crippen molar-refractivity contribution in [1.82, 2.24) is 5.32 Å². The van der Waals surface area contributed by atoms with Gasteiger partial charge < -0.3 is 21.0 Å². The van der Waals surface area contributed by atoms with Crippen molar-refractivity contribution in [3.63, 3.8) is 0 Å². The first-order chi connectivity index (χ1) is 8.54. The van der Waals surface area contributed by atoms with Gasteiger partial charge in [-0.1, -0.05) is 17.3 Å². The van der Waals surface area contributed by atoms with E-state index in [1.165, 1.54) is 0 Å². The van der Waals surface area contributed by atoms with Crippen molar-refractivity contribution in [3.8, 4) is 5.75 Å². The van der Waals surface area contributed by atoms with Crippen LogP contribution >= 0.6 is 0 Å². The highest BCUT2D eigenvalue weighted by atomic mass is 16.5. The zero-order valence-corrected chi connectivity index (χ0v) is 10.4.